The molecule has 0 nitrogen and oxygen atoms in total. The summed E-state index contributed by atoms with van der Waals surface area (Å²) in [5, 5.41) is 0. The summed E-state index contributed by atoms with van der Waals surface area (Å²) < 4.78 is 25.6. The Morgan fingerprint density at radius 3 is 2.27 bits per heavy atom. The molecule has 2 aliphatic rings. The summed E-state index contributed by atoms with van der Waals surface area (Å²) in [5.41, 5.74) is 1.44. The van der Waals surface area contributed by atoms with Gasteiger partial charge < -0.3 is 0 Å². The van der Waals surface area contributed by atoms with Gasteiger partial charge in [0.05, 0.1) is 0 Å². The predicted molar refractivity (Wildman–Crippen MR) is 106 cm³/mol. The van der Waals surface area contributed by atoms with Gasteiger partial charge in [0.25, 0.3) is 6.43 Å². The lowest BCUT2D eigenvalue weighted by Gasteiger charge is -2.38. The van der Waals surface area contributed by atoms with E-state index in [1.165, 1.54) is 82.6 Å². The van der Waals surface area contributed by atoms with Crippen molar-refractivity contribution < 1.29 is 8.78 Å². The van der Waals surface area contributed by atoms with Crippen LogP contribution >= 0.6 is 0 Å². The summed E-state index contributed by atoms with van der Waals surface area (Å²) in [6.45, 7) is 2.29. The molecule has 2 atom stereocenters. The second-order valence-electron chi connectivity index (χ2n) is 8.87. The first-order valence-electron chi connectivity index (χ1n) is 11.0. The Morgan fingerprint density at radius 2 is 1.62 bits per heavy atom. The lowest BCUT2D eigenvalue weighted by atomic mass is 9.67. The van der Waals surface area contributed by atoms with E-state index in [0.717, 1.165) is 17.8 Å². The summed E-state index contributed by atoms with van der Waals surface area (Å²) in [6.07, 6.45) is 14.2. The smallest absolute Gasteiger partial charge is 0.205 e. The Hall–Kier alpha value is -0.920. The van der Waals surface area contributed by atoms with Crippen molar-refractivity contribution in [3.8, 4) is 0 Å². The van der Waals surface area contributed by atoms with Crippen LogP contribution < -0.4 is 0 Å². The van der Waals surface area contributed by atoms with Crippen molar-refractivity contribution in [2.75, 3.05) is 0 Å². The van der Waals surface area contributed by atoms with Crippen LogP contribution in [0.25, 0.3) is 0 Å². The van der Waals surface area contributed by atoms with E-state index >= 15 is 0 Å². The van der Waals surface area contributed by atoms with Gasteiger partial charge in [0.1, 0.15) is 0 Å². The molecular formula is C24H36F2. The van der Waals surface area contributed by atoms with Crippen LogP contribution in [0.3, 0.4) is 0 Å². The molecule has 0 aliphatic heterocycles. The van der Waals surface area contributed by atoms with Crippen molar-refractivity contribution in [2.24, 2.45) is 17.8 Å². The zero-order valence-corrected chi connectivity index (χ0v) is 16.4. The fourth-order valence-electron chi connectivity index (χ4n) is 5.50. The van der Waals surface area contributed by atoms with Crippen molar-refractivity contribution in [1.82, 2.24) is 0 Å². The van der Waals surface area contributed by atoms with E-state index in [4.69, 9.17) is 0 Å². The Bertz CT molecular complexity index is 514. The molecular weight excluding hydrogens is 326 g/mol. The lowest BCUT2D eigenvalue weighted by molar-refractivity contribution is 0.150. The molecule has 0 N–H and O–H groups in total. The largest absolute Gasteiger partial charge is 0.263 e. The van der Waals surface area contributed by atoms with E-state index in [-0.39, 0.29) is 5.56 Å². The van der Waals surface area contributed by atoms with E-state index in [1.807, 2.05) is 12.1 Å². The zero-order chi connectivity index (χ0) is 18.4. The van der Waals surface area contributed by atoms with Gasteiger partial charge in [0, 0.05) is 5.56 Å². The molecule has 0 amide bonds. The molecule has 1 aromatic rings. The summed E-state index contributed by atoms with van der Waals surface area (Å²) >= 11 is 0. The molecule has 2 saturated carbocycles. The van der Waals surface area contributed by atoms with Crippen LogP contribution in [0.1, 0.15) is 107 Å². The number of hydrogen-bond acceptors (Lipinski definition) is 0. The van der Waals surface area contributed by atoms with Crippen molar-refractivity contribution in [3.63, 3.8) is 0 Å². The Kier molecular flexibility index (Phi) is 7.52. The maximum atomic E-state index is 12.8. The van der Waals surface area contributed by atoms with E-state index in [9.17, 15) is 8.78 Å². The molecule has 2 aliphatic carbocycles. The number of halogens is 2. The highest BCUT2D eigenvalue weighted by Crippen LogP contribution is 2.45. The van der Waals surface area contributed by atoms with E-state index < -0.39 is 6.43 Å². The fraction of sp³-hybridized carbons (Fsp3) is 0.750. The number of benzene rings is 1. The highest BCUT2D eigenvalue weighted by Gasteiger charge is 2.31. The molecule has 0 heterocycles. The summed E-state index contributed by atoms with van der Waals surface area (Å²) in [5.74, 6) is 3.35. The molecule has 26 heavy (non-hydrogen) atoms. The second kappa shape index (κ2) is 9.85. The average Bonchev–Trinajstić information content (AvgIpc) is 2.69. The number of unbranched alkanes of at least 4 members (excludes halogenated alkanes) is 2. The second-order valence-corrected chi connectivity index (χ2v) is 8.87. The molecule has 0 radical (unpaired) electrons. The molecule has 146 valence electrons. The van der Waals surface area contributed by atoms with Gasteiger partial charge in [-0.2, -0.15) is 0 Å². The van der Waals surface area contributed by atoms with Gasteiger partial charge >= 0.3 is 0 Å². The van der Waals surface area contributed by atoms with Crippen LogP contribution in [0, 0.1) is 17.8 Å². The Balaban J connectivity index is 1.49. The van der Waals surface area contributed by atoms with Crippen LogP contribution in [-0.2, 0) is 0 Å². The van der Waals surface area contributed by atoms with Crippen LogP contribution in [0.5, 0.6) is 0 Å². The maximum Gasteiger partial charge on any atom is 0.263 e. The number of rotatable bonds is 7. The first kappa shape index (κ1) is 19.8. The van der Waals surface area contributed by atoms with Crippen LogP contribution in [0.2, 0.25) is 0 Å². The fourth-order valence-corrected chi connectivity index (χ4v) is 5.50. The third kappa shape index (κ3) is 5.30. The van der Waals surface area contributed by atoms with E-state index in [1.54, 1.807) is 12.1 Å². The third-order valence-electron chi connectivity index (χ3n) is 7.15. The van der Waals surface area contributed by atoms with Gasteiger partial charge in [0.15, 0.2) is 0 Å². The minimum Gasteiger partial charge on any atom is -0.205 e. The first-order valence-corrected chi connectivity index (χ1v) is 11.0. The molecule has 2 fully saturated rings. The molecule has 1 aromatic carbocycles. The zero-order valence-electron chi connectivity index (χ0n) is 16.4. The highest BCUT2D eigenvalue weighted by atomic mass is 19.3. The monoisotopic (exact) mass is 362 g/mol. The third-order valence-corrected chi connectivity index (χ3v) is 7.15. The quantitative estimate of drug-likeness (QED) is 0.428. The summed E-state index contributed by atoms with van der Waals surface area (Å²) in [6, 6.07) is 7.18. The standard InChI is InChI=1S/C24H36F2/c1-2-3-4-6-18-9-11-19(12-10-18)22-7-5-8-23(17-22)20-13-15-21(16-14-20)24(25)26/h13-16,18-19,22-24H,2-12,17H2,1H3/t18?,19?,22-,23-/m0/s1. The van der Waals surface area contributed by atoms with Crippen LogP contribution in [-0.4, -0.2) is 0 Å². The Morgan fingerprint density at radius 1 is 0.885 bits per heavy atom. The van der Waals surface area contributed by atoms with Crippen molar-refractivity contribution in [3.05, 3.63) is 35.4 Å². The molecule has 3 rings (SSSR count). The first-order chi connectivity index (χ1) is 12.7. The molecule has 0 unspecified atom stereocenters. The van der Waals surface area contributed by atoms with Crippen molar-refractivity contribution in [1.29, 1.82) is 0 Å². The summed E-state index contributed by atoms with van der Waals surface area (Å²) in [4.78, 5) is 0. The molecule has 2 heteroatoms. The SMILES string of the molecule is CCCCCC1CCC([C@H]2CCC[C@H](c3ccc(C(F)F)cc3)C2)CC1. The van der Waals surface area contributed by atoms with Crippen molar-refractivity contribution in [2.45, 2.75) is 96.3 Å². The maximum absolute atomic E-state index is 12.8. The van der Waals surface area contributed by atoms with Crippen LogP contribution in [0.4, 0.5) is 8.78 Å². The summed E-state index contributed by atoms with van der Waals surface area (Å²) in [7, 11) is 0. The topological polar surface area (TPSA) is 0 Å². The van der Waals surface area contributed by atoms with Gasteiger partial charge in [-0.05, 0) is 54.9 Å². The lowest BCUT2D eigenvalue weighted by Crippen LogP contribution is -2.26. The van der Waals surface area contributed by atoms with Gasteiger partial charge in [-0.3, -0.25) is 0 Å². The normalized spacial score (nSPS) is 29.8. The van der Waals surface area contributed by atoms with Gasteiger partial charge in [-0.25, -0.2) is 8.78 Å². The molecule has 0 saturated heterocycles. The predicted octanol–water partition coefficient (Wildman–Crippen LogP) is 8.28. The van der Waals surface area contributed by atoms with Crippen molar-refractivity contribution >= 4 is 0 Å². The molecule has 0 bridgehead atoms. The minimum atomic E-state index is -2.35. The molecule has 0 aromatic heterocycles. The van der Waals surface area contributed by atoms with Crippen LogP contribution in [0.15, 0.2) is 24.3 Å². The minimum absolute atomic E-state index is 0.155. The average molecular weight is 363 g/mol. The molecule has 0 spiro atoms. The number of alkyl halides is 2. The van der Waals surface area contributed by atoms with Gasteiger partial charge in [-0.15, -0.1) is 0 Å². The highest BCUT2D eigenvalue weighted by molar-refractivity contribution is 5.26. The van der Waals surface area contributed by atoms with E-state index in [0.29, 0.717) is 5.92 Å². The number of hydrogen-bond donors (Lipinski definition) is 0. The van der Waals surface area contributed by atoms with Gasteiger partial charge in [-0.1, -0.05) is 82.6 Å². The Labute approximate surface area is 158 Å². The van der Waals surface area contributed by atoms with Gasteiger partial charge in [0.2, 0.25) is 0 Å². The van der Waals surface area contributed by atoms with E-state index in [2.05, 4.69) is 6.92 Å².